The van der Waals surface area contributed by atoms with Gasteiger partial charge in [0.1, 0.15) is 5.82 Å². The summed E-state index contributed by atoms with van der Waals surface area (Å²) in [5.41, 5.74) is 2.43. The number of nitrogens with zero attached hydrogens (tertiary/aromatic N) is 2. The molecule has 1 saturated carbocycles. The number of aromatic nitrogens is 2. The van der Waals surface area contributed by atoms with Gasteiger partial charge in [-0.15, -0.1) is 0 Å². The van der Waals surface area contributed by atoms with Crippen molar-refractivity contribution in [2.24, 2.45) is 5.92 Å². The lowest BCUT2D eigenvalue weighted by molar-refractivity contribution is 0.391. The maximum atomic E-state index is 4.90. The molecule has 0 spiro atoms. The Balaban J connectivity index is 1.83. The summed E-state index contributed by atoms with van der Waals surface area (Å²) in [4.78, 5) is 4.90. The van der Waals surface area contributed by atoms with Crippen LogP contribution in [0.15, 0.2) is 24.3 Å². The molecule has 1 fully saturated rings. The van der Waals surface area contributed by atoms with Crippen LogP contribution in [0.3, 0.4) is 0 Å². The highest BCUT2D eigenvalue weighted by molar-refractivity contribution is 5.75. The van der Waals surface area contributed by atoms with E-state index in [1.807, 2.05) is 0 Å². The minimum absolute atomic E-state index is 0.692. The van der Waals surface area contributed by atoms with Crippen LogP contribution in [-0.2, 0) is 13.0 Å². The van der Waals surface area contributed by atoms with Crippen LogP contribution < -0.4 is 5.32 Å². The molecule has 0 bridgehead atoms. The van der Waals surface area contributed by atoms with Crippen molar-refractivity contribution in [3.8, 4) is 0 Å². The van der Waals surface area contributed by atoms with Crippen LogP contribution in [0, 0.1) is 5.92 Å². The fraction of sp³-hybridized carbons (Fsp3) is 0.611. The van der Waals surface area contributed by atoms with E-state index in [9.17, 15) is 0 Å². The lowest BCUT2D eigenvalue weighted by atomic mass is 9.94. The molecule has 1 heterocycles. The minimum atomic E-state index is 0.692. The summed E-state index contributed by atoms with van der Waals surface area (Å²) in [7, 11) is 2.11. The van der Waals surface area contributed by atoms with Crippen molar-refractivity contribution in [2.75, 3.05) is 7.05 Å². The summed E-state index contributed by atoms with van der Waals surface area (Å²) in [5, 5.41) is 3.49. The van der Waals surface area contributed by atoms with E-state index >= 15 is 0 Å². The topological polar surface area (TPSA) is 29.9 Å². The third-order valence-electron chi connectivity index (χ3n) is 4.96. The average molecular weight is 285 g/mol. The molecule has 0 radical (unpaired) electrons. The van der Waals surface area contributed by atoms with Gasteiger partial charge in [-0.1, -0.05) is 25.0 Å². The Labute approximate surface area is 127 Å². The minimum Gasteiger partial charge on any atom is -0.328 e. The summed E-state index contributed by atoms with van der Waals surface area (Å²) >= 11 is 0. The van der Waals surface area contributed by atoms with Gasteiger partial charge in [-0.3, -0.25) is 0 Å². The van der Waals surface area contributed by atoms with Crippen molar-refractivity contribution in [3.63, 3.8) is 0 Å². The molecule has 3 heteroatoms. The third-order valence-corrected chi connectivity index (χ3v) is 4.96. The van der Waals surface area contributed by atoms with E-state index in [4.69, 9.17) is 4.98 Å². The number of fused-ring (bicyclic) bond motifs is 1. The van der Waals surface area contributed by atoms with Gasteiger partial charge in [-0.25, -0.2) is 4.98 Å². The van der Waals surface area contributed by atoms with E-state index in [1.54, 1.807) is 0 Å². The molecule has 1 aliphatic rings. The predicted molar refractivity (Wildman–Crippen MR) is 88.5 cm³/mol. The maximum absolute atomic E-state index is 4.90. The van der Waals surface area contributed by atoms with Gasteiger partial charge in [0.25, 0.3) is 0 Å². The first-order chi connectivity index (χ1) is 10.3. The van der Waals surface area contributed by atoms with Crippen LogP contribution in [-0.4, -0.2) is 22.6 Å². The number of hydrogen-bond acceptors (Lipinski definition) is 2. The average Bonchev–Trinajstić information content (AvgIpc) is 2.69. The molecule has 2 atom stereocenters. The second kappa shape index (κ2) is 6.61. The van der Waals surface area contributed by atoms with Crippen molar-refractivity contribution in [2.45, 2.75) is 58.0 Å². The van der Waals surface area contributed by atoms with Crippen molar-refractivity contribution >= 4 is 11.0 Å². The van der Waals surface area contributed by atoms with Crippen LogP contribution in [0.2, 0.25) is 0 Å². The molecule has 0 amide bonds. The molecule has 2 aromatic rings. The summed E-state index contributed by atoms with van der Waals surface area (Å²) in [6, 6.07) is 9.22. The predicted octanol–water partition coefficient (Wildman–Crippen LogP) is 3.77. The van der Waals surface area contributed by atoms with Gasteiger partial charge >= 0.3 is 0 Å². The van der Waals surface area contributed by atoms with Crippen molar-refractivity contribution in [1.29, 1.82) is 0 Å². The second-order valence-electron chi connectivity index (χ2n) is 6.34. The molecular weight excluding hydrogens is 258 g/mol. The van der Waals surface area contributed by atoms with Crippen LogP contribution in [0.5, 0.6) is 0 Å². The standard InChI is InChI=1S/C18H27N3/c1-3-21-17-11-7-6-10-16(17)20-18(21)13-14-8-4-5-9-15(12-14)19-2/h6-7,10-11,14-15,19H,3-5,8-9,12-13H2,1-2H3. The quantitative estimate of drug-likeness (QED) is 0.867. The third kappa shape index (κ3) is 3.13. The molecule has 3 nitrogen and oxygen atoms in total. The zero-order chi connectivity index (χ0) is 14.7. The van der Waals surface area contributed by atoms with E-state index in [1.165, 1.54) is 43.4 Å². The Hall–Kier alpha value is -1.35. The largest absolute Gasteiger partial charge is 0.328 e. The van der Waals surface area contributed by atoms with Gasteiger partial charge in [-0.05, 0) is 51.3 Å². The number of hydrogen-bond donors (Lipinski definition) is 1. The summed E-state index contributed by atoms with van der Waals surface area (Å²) in [6.07, 6.45) is 7.84. The van der Waals surface area contributed by atoms with Crippen LogP contribution >= 0.6 is 0 Å². The normalized spacial score (nSPS) is 23.3. The van der Waals surface area contributed by atoms with Gasteiger partial charge in [0.15, 0.2) is 0 Å². The lowest BCUT2D eigenvalue weighted by Gasteiger charge is -2.19. The maximum Gasteiger partial charge on any atom is 0.110 e. The zero-order valence-corrected chi connectivity index (χ0v) is 13.3. The van der Waals surface area contributed by atoms with Crippen molar-refractivity contribution in [1.82, 2.24) is 14.9 Å². The van der Waals surface area contributed by atoms with E-state index in [2.05, 4.69) is 48.1 Å². The Morgan fingerprint density at radius 2 is 2.05 bits per heavy atom. The van der Waals surface area contributed by atoms with Crippen LogP contribution in [0.4, 0.5) is 0 Å². The SMILES string of the molecule is CCn1c(CC2CCCCC(NC)C2)nc2ccccc21. The van der Waals surface area contributed by atoms with E-state index in [0.717, 1.165) is 24.4 Å². The Bertz CT molecular complexity index is 587. The van der Waals surface area contributed by atoms with E-state index in [-0.39, 0.29) is 0 Å². The molecule has 2 unspecified atom stereocenters. The summed E-state index contributed by atoms with van der Waals surface area (Å²) < 4.78 is 2.40. The number of benzene rings is 1. The summed E-state index contributed by atoms with van der Waals surface area (Å²) in [6.45, 7) is 3.24. The Kier molecular flexibility index (Phi) is 4.59. The Morgan fingerprint density at radius 1 is 1.24 bits per heavy atom. The van der Waals surface area contributed by atoms with E-state index in [0.29, 0.717) is 6.04 Å². The fourth-order valence-corrected chi connectivity index (χ4v) is 3.80. The molecule has 0 aliphatic heterocycles. The highest BCUT2D eigenvalue weighted by Gasteiger charge is 2.21. The molecular formula is C18H27N3. The first-order valence-corrected chi connectivity index (χ1v) is 8.43. The molecule has 1 N–H and O–H groups in total. The number of para-hydroxylation sites is 2. The molecule has 114 valence electrons. The molecule has 1 aromatic heterocycles. The first-order valence-electron chi connectivity index (χ1n) is 8.43. The van der Waals surface area contributed by atoms with Crippen LogP contribution in [0.1, 0.15) is 44.9 Å². The van der Waals surface area contributed by atoms with Crippen LogP contribution in [0.25, 0.3) is 11.0 Å². The number of nitrogens with one attached hydrogen (secondary N) is 1. The lowest BCUT2D eigenvalue weighted by Crippen LogP contribution is -2.27. The molecule has 0 saturated heterocycles. The molecule has 3 rings (SSSR count). The summed E-state index contributed by atoms with van der Waals surface area (Å²) in [5.74, 6) is 2.05. The molecule has 21 heavy (non-hydrogen) atoms. The van der Waals surface area contributed by atoms with Gasteiger partial charge in [0.2, 0.25) is 0 Å². The van der Waals surface area contributed by atoms with Crippen molar-refractivity contribution in [3.05, 3.63) is 30.1 Å². The molecule has 1 aliphatic carbocycles. The second-order valence-corrected chi connectivity index (χ2v) is 6.34. The molecule has 1 aromatic carbocycles. The zero-order valence-electron chi connectivity index (χ0n) is 13.3. The van der Waals surface area contributed by atoms with Gasteiger partial charge < -0.3 is 9.88 Å². The fourth-order valence-electron chi connectivity index (χ4n) is 3.80. The number of imidazole rings is 1. The van der Waals surface area contributed by atoms with Gasteiger partial charge in [0, 0.05) is 19.0 Å². The monoisotopic (exact) mass is 285 g/mol. The smallest absolute Gasteiger partial charge is 0.110 e. The first kappa shape index (κ1) is 14.6. The Morgan fingerprint density at radius 3 is 2.86 bits per heavy atom. The van der Waals surface area contributed by atoms with Gasteiger partial charge in [-0.2, -0.15) is 0 Å². The number of rotatable bonds is 4. The van der Waals surface area contributed by atoms with Gasteiger partial charge in [0.05, 0.1) is 11.0 Å². The van der Waals surface area contributed by atoms with Crippen molar-refractivity contribution < 1.29 is 0 Å². The highest BCUT2D eigenvalue weighted by atomic mass is 15.1. The van der Waals surface area contributed by atoms with E-state index < -0.39 is 0 Å². The highest BCUT2D eigenvalue weighted by Crippen LogP contribution is 2.27. The number of aryl methyl sites for hydroxylation is 1.